The van der Waals surface area contributed by atoms with E-state index in [1.165, 1.54) is 11.3 Å². The number of nitrogens with zero attached hydrogens (tertiary/aromatic N) is 2. The Balaban J connectivity index is 1.82. The molecule has 3 rings (SSSR count). The highest BCUT2D eigenvalue weighted by Crippen LogP contribution is 2.30. The SMILES string of the molecule is O=C(O)c1cc(F)c(Cl)c(C=NNc2nc(-c3ccccc3)cs2)c1Cl. The molecule has 0 bridgehead atoms. The molecule has 2 N–H and O–H groups in total. The number of anilines is 1. The maximum Gasteiger partial charge on any atom is 0.337 e. The van der Waals surface area contributed by atoms with Crippen LogP contribution in [-0.2, 0) is 0 Å². The van der Waals surface area contributed by atoms with Gasteiger partial charge in [0.25, 0.3) is 0 Å². The maximum absolute atomic E-state index is 13.8. The Bertz CT molecular complexity index is 993. The number of hydrogen-bond donors (Lipinski definition) is 2. The van der Waals surface area contributed by atoms with Gasteiger partial charge in [-0.3, -0.25) is 5.43 Å². The molecule has 0 radical (unpaired) electrons. The summed E-state index contributed by atoms with van der Waals surface area (Å²) in [7, 11) is 0. The Kier molecular flexibility index (Phi) is 5.51. The van der Waals surface area contributed by atoms with Crippen LogP contribution < -0.4 is 5.43 Å². The number of rotatable bonds is 5. The molecule has 1 aromatic heterocycles. The van der Waals surface area contributed by atoms with Crippen LogP contribution in [0.15, 0.2) is 46.9 Å². The summed E-state index contributed by atoms with van der Waals surface area (Å²) in [5.41, 5.74) is 4.02. The zero-order valence-corrected chi connectivity index (χ0v) is 15.2. The lowest BCUT2D eigenvalue weighted by Crippen LogP contribution is -2.03. The fourth-order valence-electron chi connectivity index (χ4n) is 2.11. The Morgan fingerprint density at radius 3 is 2.69 bits per heavy atom. The van der Waals surface area contributed by atoms with Gasteiger partial charge >= 0.3 is 5.97 Å². The molecule has 0 saturated heterocycles. The normalized spacial score (nSPS) is 11.0. The number of hydrazone groups is 1. The molecule has 0 amide bonds. The molecule has 0 aliphatic rings. The molecular formula is C17H10Cl2FN3O2S. The third-order valence-corrected chi connectivity index (χ3v) is 4.89. The van der Waals surface area contributed by atoms with Gasteiger partial charge in [-0.15, -0.1) is 11.3 Å². The summed E-state index contributed by atoms with van der Waals surface area (Å²) in [6.45, 7) is 0. The summed E-state index contributed by atoms with van der Waals surface area (Å²) >= 11 is 13.2. The summed E-state index contributed by atoms with van der Waals surface area (Å²) in [6, 6.07) is 10.4. The van der Waals surface area contributed by atoms with E-state index in [-0.39, 0.29) is 15.6 Å². The number of carboxylic acids is 1. The molecule has 0 saturated carbocycles. The van der Waals surface area contributed by atoms with E-state index in [0.717, 1.165) is 23.5 Å². The molecule has 0 unspecified atom stereocenters. The van der Waals surface area contributed by atoms with Crippen molar-refractivity contribution in [2.75, 3.05) is 5.43 Å². The van der Waals surface area contributed by atoms with Crippen molar-refractivity contribution in [3.05, 3.63) is 68.8 Å². The highest BCUT2D eigenvalue weighted by molar-refractivity contribution is 7.14. The number of hydrogen-bond acceptors (Lipinski definition) is 5. The average molecular weight is 410 g/mol. The van der Waals surface area contributed by atoms with E-state index in [9.17, 15) is 9.18 Å². The molecule has 3 aromatic rings. The van der Waals surface area contributed by atoms with Crippen molar-refractivity contribution in [1.29, 1.82) is 0 Å². The van der Waals surface area contributed by atoms with Gasteiger partial charge < -0.3 is 5.11 Å². The smallest absolute Gasteiger partial charge is 0.337 e. The summed E-state index contributed by atoms with van der Waals surface area (Å²) in [4.78, 5) is 15.5. The first kappa shape index (κ1) is 18.3. The molecule has 1 heterocycles. The molecule has 0 aliphatic carbocycles. The van der Waals surface area contributed by atoms with Gasteiger partial charge in [-0.25, -0.2) is 14.2 Å². The van der Waals surface area contributed by atoms with Gasteiger partial charge in [0.05, 0.1) is 27.5 Å². The number of aromatic carboxylic acids is 1. The second kappa shape index (κ2) is 7.82. The van der Waals surface area contributed by atoms with E-state index in [1.54, 1.807) is 0 Å². The van der Waals surface area contributed by atoms with E-state index in [4.69, 9.17) is 28.3 Å². The molecule has 26 heavy (non-hydrogen) atoms. The van der Waals surface area contributed by atoms with Crippen LogP contribution in [0.4, 0.5) is 9.52 Å². The summed E-state index contributed by atoms with van der Waals surface area (Å²) in [5.74, 6) is -2.25. The van der Waals surface area contributed by atoms with Crippen molar-refractivity contribution in [2.45, 2.75) is 0 Å². The molecule has 9 heteroatoms. The average Bonchev–Trinajstić information content (AvgIpc) is 3.10. The van der Waals surface area contributed by atoms with Crippen LogP contribution in [0, 0.1) is 5.82 Å². The van der Waals surface area contributed by atoms with Crippen LogP contribution in [0.1, 0.15) is 15.9 Å². The molecule has 0 fully saturated rings. The lowest BCUT2D eigenvalue weighted by Gasteiger charge is -2.06. The van der Waals surface area contributed by atoms with Crippen molar-refractivity contribution in [1.82, 2.24) is 4.98 Å². The van der Waals surface area contributed by atoms with Gasteiger partial charge in [-0.05, 0) is 6.07 Å². The minimum absolute atomic E-state index is 0.0296. The summed E-state index contributed by atoms with van der Waals surface area (Å²) in [6.07, 6.45) is 1.16. The highest BCUT2D eigenvalue weighted by Gasteiger charge is 2.18. The molecular weight excluding hydrogens is 400 g/mol. The molecule has 0 spiro atoms. The predicted molar refractivity (Wildman–Crippen MR) is 102 cm³/mol. The minimum Gasteiger partial charge on any atom is -0.478 e. The molecule has 132 valence electrons. The first-order valence-electron chi connectivity index (χ1n) is 7.18. The van der Waals surface area contributed by atoms with Crippen molar-refractivity contribution < 1.29 is 14.3 Å². The highest BCUT2D eigenvalue weighted by atomic mass is 35.5. The second-order valence-electron chi connectivity index (χ2n) is 5.03. The fourth-order valence-corrected chi connectivity index (χ4v) is 3.30. The second-order valence-corrected chi connectivity index (χ2v) is 6.64. The molecule has 5 nitrogen and oxygen atoms in total. The molecule has 2 aromatic carbocycles. The monoisotopic (exact) mass is 409 g/mol. The number of carboxylic acid groups (broad SMARTS) is 1. The standard InChI is InChI=1S/C17H10Cl2FN3O2S/c18-14-10(16(24)25)6-12(20)15(19)11(14)7-21-23-17-22-13(8-26-17)9-4-2-1-3-5-9/h1-8H,(H,22,23)(H,24,25). The van der Waals surface area contributed by atoms with Gasteiger partial charge in [0.15, 0.2) is 0 Å². The fraction of sp³-hybridized carbons (Fsp3) is 0. The van der Waals surface area contributed by atoms with Crippen LogP contribution in [0.2, 0.25) is 10.0 Å². The summed E-state index contributed by atoms with van der Waals surface area (Å²) < 4.78 is 13.8. The Hall–Kier alpha value is -2.48. The van der Waals surface area contributed by atoms with E-state index in [0.29, 0.717) is 5.13 Å². The van der Waals surface area contributed by atoms with Gasteiger partial charge in [-0.2, -0.15) is 5.10 Å². The lowest BCUT2D eigenvalue weighted by molar-refractivity contribution is 0.0696. The maximum atomic E-state index is 13.8. The van der Waals surface area contributed by atoms with Gasteiger partial charge in [-0.1, -0.05) is 53.5 Å². The largest absolute Gasteiger partial charge is 0.478 e. The number of aromatic nitrogens is 1. The van der Waals surface area contributed by atoms with Crippen LogP contribution >= 0.6 is 34.5 Å². The first-order valence-corrected chi connectivity index (χ1v) is 8.81. The van der Waals surface area contributed by atoms with Crippen LogP contribution in [-0.4, -0.2) is 22.3 Å². The number of thiazole rings is 1. The Morgan fingerprint density at radius 1 is 1.27 bits per heavy atom. The van der Waals surface area contributed by atoms with Crippen molar-refractivity contribution in [3.63, 3.8) is 0 Å². The lowest BCUT2D eigenvalue weighted by atomic mass is 10.1. The van der Waals surface area contributed by atoms with Crippen LogP contribution in [0.5, 0.6) is 0 Å². The third-order valence-electron chi connectivity index (χ3n) is 3.35. The zero-order chi connectivity index (χ0) is 18.7. The van der Waals surface area contributed by atoms with E-state index >= 15 is 0 Å². The number of benzene rings is 2. The van der Waals surface area contributed by atoms with E-state index < -0.39 is 17.3 Å². The van der Waals surface area contributed by atoms with E-state index in [2.05, 4.69) is 15.5 Å². The van der Waals surface area contributed by atoms with Crippen molar-refractivity contribution in [2.24, 2.45) is 5.10 Å². The summed E-state index contributed by atoms with van der Waals surface area (Å²) in [5, 5.41) is 14.8. The quantitative estimate of drug-likeness (QED) is 0.336. The van der Waals surface area contributed by atoms with Gasteiger partial charge in [0, 0.05) is 16.5 Å². The predicted octanol–water partition coefficient (Wildman–Crippen LogP) is 5.40. The Labute approximate surface area is 161 Å². The molecule has 0 aliphatic heterocycles. The van der Waals surface area contributed by atoms with Crippen LogP contribution in [0.25, 0.3) is 11.3 Å². The number of carbonyl (C=O) groups is 1. The Morgan fingerprint density at radius 2 is 2.00 bits per heavy atom. The van der Waals surface area contributed by atoms with Crippen molar-refractivity contribution in [3.8, 4) is 11.3 Å². The third kappa shape index (κ3) is 3.85. The van der Waals surface area contributed by atoms with Gasteiger partial charge in [0.2, 0.25) is 5.13 Å². The van der Waals surface area contributed by atoms with Crippen molar-refractivity contribution >= 4 is 51.9 Å². The van der Waals surface area contributed by atoms with E-state index in [1.807, 2.05) is 35.7 Å². The molecule has 0 atom stereocenters. The zero-order valence-electron chi connectivity index (χ0n) is 12.9. The number of nitrogens with one attached hydrogen (secondary N) is 1. The minimum atomic E-state index is -1.36. The van der Waals surface area contributed by atoms with Crippen LogP contribution in [0.3, 0.4) is 0 Å². The van der Waals surface area contributed by atoms with Gasteiger partial charge in [0.1, 0.15) is 5.82 Å². The first-order chi connectivity index (χ1) is 12.5. The number of halogens is 3. The topological polar surface area (TPSA) is 74.6 Å².